The van der Waals surface area contributed by atoms with Crippen molar-refractivity contribution in [2.75, 3.05) is 31.5 Å². The van der Waals surface area contributed by atoms with Crippen molar-refractivity contribution in [1.82, 2.24) is 20.0 Å². The first-order chi connectivity index (χ1) is 11.3. The zero-order valence-corrected chi connectivity index (χ0v) is 14.5. The first-order valence-electron chi connectivity index (χ1n) is 8.53. The average Bonchev–Trinajstić information content (AvgIpc) is 3.25. The maximum absolute atomic E-state index is 12.3. The van der Waals surface area contributed by atoms with Crippen molar-refractivity contribution in [3.05, 3.63) is 17.2 Å². The van der Waals surface area contributed by atoms with E-state index in [0.29, 0.717) is 11.2 Å². The highest BCUT2D eigenvalue weighted by atomic mass is 32.1. The summed E-state index contributed by atoms with van der Waals surface area (Å²) < 4.78 is 0. The van der Waals surface area contributed by atoms with Crippen LogP contribution in [-0.4, -0.2) is 58.2 Å². The number of aryl methyl sites for hydroxylation is 1. The van der Waals surface area contributed by atoms with Crippen LogP contribution in [0.5, 0.6) is 0 Å². The Kier molecular flexibility index (Phi) is 5.61. The Morgan fingerprint density at radius 3 is 2.74 bits per heavy atom. The maximum atomic E-state index is 12.3. The zero-order chi connectivity index (χ0) is 16.1. The molecule has 3 heterocycles. The molecule has 1 saturated heterocycles. The van der Waals surface area contributed by atoms with Crippen LogP contribution in [0.1, 0.15) is 37.6 Å². The van der Waals surface area contributed by atoms with Crippen LogP contribution < -0.4 is 5.32 Å². The fourth-order valence-electron chi connectivity index (χ4n) is 3.13. The lowest BCUT2D eigenvalue weighted by Crippen LogP contribution is -2.47. The Morgan fingerprint density at radius 2 is 2.04 bits per heavy atom. The van der Waals surface area contributed by atoms with Crippen molar-refractivity contribution in [2.24, 2.45) is 0 Å². The molecule has 1 fully saturated rings. The third-order valence-electron chi connectivity index (χ3n) is 4.54. The maximum Gasteiger partial charge on any atom is 0.323 e. The van der Waals surface area contributed by atoms with Gasteiger partial charge in [0.1, 0.15) is 5.01 Å². The second-order valence-corrected chi connectivity index (χ2v) is 7.24. The van der Waals surface area contributed by atoms with Crippen LogP contribution >= 0.6 is 11.3 Å². The summed E-state index contributed by atoms with van der Waals surface area (Å²) >= 11 is 1.49. The molecular weight excluding hydrogens is 310 g/mol. The average molecular weight is 335 g/mol. The van der Waals surface area contributed by atoms with E-state index in [2.05, 4.69) is 39.5 Å². The SMILES string of the molecule is CCCCc1nnc(NC(=O)N2CCC(N3CC=CC3)CC2)s1. The van der Waals surface area contributed by atoms with E-state index in [1.165, 1.54) is 11.3 Å². The summed E-state index contributed by atoms with van der Waals surface area (Å²) in [5.74, 6) is 0. The molecule has 3 rings (SSSR count). The number of nitrogens with one attached hydrogen (secondary N) is 1. The lowest BCUT2D eigenvalue weighted by Gasteiger charge is -2.36. The summed E-state index contributed by atoms with van der Waals surface area (Å²) in [6.45, 7) is 5.90. The molecule has 0 unspecified atom stereocenters. The highest BCUT2D eigenvalue weighted by Gasteiger charge is 2.27. The van der Waals surface area contributed by atoms with Crippen LogP contribution in [0.15, 0.2) is 12.2 Å². The van der Waals surface area contributed by atoms with Crippen LogP contribution in [-0.2, 0) is 6.42 Å². The molecule has 0 radical (unpaired) electrons. The van der Waals surface area contributed by atoms with Crippen LogP contribution in [0.25, 0.3) is 0 Å². The Bertz CT molecular complexity index is 542. The third kappa shape index (κ3) is 4.29. The molecule has 0 bridgehead atoms. The highest BCUT2D eigenvalue weighted by molar-refractivity contribution is 7.15. The Balaban J connectivity index is 1.44. The fourth-order valence-corrected chi connectivity index (χ4v) is 3.90. The minimum Gasteiger partial charge on any atom is -0.324 e. The van der Waals surface area contributed by atoms with Gasteiger partial charge in [0.25, 0.3) is 0 Å². The molecule has 126 valence electrons. The number of hydrogen-bond acceptors (Lipinski definition) is 5. The Labute approximate surface area is 141 Å². The van der Waals surface area contributed by atoms with Gasteiger partial charge in [-0.3, -0.25) is 10.2 Å². The van der Waals surface area contributed by atoms with Crippen LogP contribution in [0.3, 0.4) is 0 Å². The number of unbranched alkanes of at least 4 members (excludes halogenated alkanes) is 1. The molecule has 0 atom stereocenters. The Morgan fingerprint density at radius 1 is 1.30 bits per heavy atom. The number of urea groups is 1. The van der Waals surface area contributed by atoms with Gasteiger partial charge in [0, 0.05) is 38.6 Å². The van der Waals surface area contributed by atoms with Gasteiger partial charge in [0.05, 0.1) is 0 Å². The lowest BCUT2D eigenvalue weighted by atomic mass is 10.0. The quantitative estimate of drug-likeness (QED) is 0.841. The number of anilines is 1. The number of likely N-dealkylation sites (tertiary alicyclic amines) is 1. The number of amides is 2. The summed E-state index contributed by atoms with van der Waals surface area (Å²) in [7, 11) is 0. The fraction of sp³-hybridized carbons (Fsp3) is 0.688. The summed E-state index contributed by atoms with van der Waals surface area (Å²) in [5, 5.41) is 12.7. The van der Waals surface area contributed by atoms with Gasteiger partial charge in [0.2, 0.25) is 5.13 Å². The molecule has 2 aliphatic heterocycles. The van der Waals surface area contributed by atoms with Crippen molar-refractivity contribution in [3.8, 4) is 0 Å². The molecule has 0 spiro atoms. The van der Waals surface area contributed by atoms with E-state index >= 15 is 0 Å². The van der Waals surface area contributed by atoms with Gasteiger partial charge in [0.15, 0.2) is 0 Å². The first kappa shape index (κ1) is 16.4. The number of nitrogens with zero attached hydrogens (tertiary/aromatic N) is 4. The van der Waals surface area contributed by atoms with Gasteiger partial charge in [-0.1, -0.05) is 36.8 Å². The predicted octanol–water partition coefficient (Wildman–Crippen LogP) is 2.75. The van der Waals surface area contributed by atoms with Crippen LogP contribution in [0, 0.1) is 0 Å². The van der Waals surface area contributed by atoms with E-state index in [1.54, 1.807) is 0 Å². The lowest BCUT2D eigenvalue weighted by molar-refractivity contribution is 0.144. The van der Waals surface area contributed by atoms with Crippen molar-refractivity contribution < 1.29 is 4.79 Å². The van der Waals surface area contributed by atoms with E-state index < -0.39 is 0 Å². The summed E-state index contributed by atoms with van der Waals surface area (Å²) in [6, 6.07) is 0.567. The van der Waals surface area contributed by atoms with Crippen molar-refractivity contribution in [2.45, 2.75) is 45.1 Å². The summed E-state index contributed by atoms with van der Waals surface area (Å²) in [4.78, 5) is 16.7. The number of carbonyl (C=O) groups is 1. The molecule has 2 amide bonds. The second kappa shape index (κ2) is 7.88. The molecule has 1 N–H and O–H groups in total. The molecule has 0 aromatic carbocycles. The molecule has 0 aliphatic carbocycles. The van der Waals surface area contributed by atoms with Gasteiger partial charge in [-0.25, -0.2) is 4.79 Å². The molecular formula is C16H25N5OS. The zero-order valence-electron chi connectivity index (χ0n) is 13.7. The van der Waals surface area contributed by atoms with E-state index in [4.69, 9.17) is 0 Å². The number of piperidine rings is 1. The van der Waals surface area contributed by atoms with Gasteiger partial charge >= 0.3 is 6.03 Å². The Hall–Kier alpha value is -1.47. The molecule has 23 heavy (non-hydrogen) atoms. The van der Waals surface area contributed by atoms with Crippen molar-refractivity contribution >= 4 is 22.5 Å². The first-order valence-corrected chi connectivity index (χ1v) is 9.35. The molecule has 1 aromatic heterocycles. The molecule has 1 aromatic rings. The minimum atomic E-state index is -0.0406. The molecule has 6 nitrogen and oxygen atoms in total. The standard InChI is InChI=1S/C16H25N5OS/c1-2-3-6-14-18-19-15(23-14)17-16(22)21-11-7-13(8-12-21)20-9-4-5-10-20/h4-5,13H,2-3,6-12H2,1H3,(H,17,19,22). The normalized spacial score (nSPS) is 19.4. The van der Waals surface area contributed by atoms with Crippen molar-refractivity contribution in [3.63, 3.8) is 0 Å². The highest BCUT2D eigenvalue weighted by Crippen LogP contribution is 2.21. The van der Waals surface area contributed by atoms with E-state index in [9.17, 15) is 4.79 Å². The molecule has 0 saturated carbocycles. The molecule has 2 aliphatic rings. The topological polar surface area (TPSA) is 61.4 Å². The van der Waals surface area contributed by atoms with Crippen LogP contribution in [0.4, 0.5) is 9.93 Å². The monoisotopic (exact) mass is 335 g/mol. The largest absolute Gasteiger partial charge is 0.324 e. The number of rotatable bonds is 5. The van der Waals surface area contributed by atoms with Gasteiger partial charge in [-0.15, -0.1) is 10.2 Å². The predicted molar refractivity (Wildman–Crippen MR) is 92.8 cm³/mol. The van der Waals surface area contributed by atoms with E-state index in [0.717, 1.165) is 63.3 Å². The van der Waals surface area contributed by atoms with Gasteiger partial charge < -0.3 is 4.90 Å². The van der Waals surface area contributed by atoms with Crippen LogP contribution in [0.2, 0.25) is 0 Å². The van der Waals surface area contributed by atoms with E-state index in [1.807, 2.05) is 4.90 Å². The molecule has 7 heteroatoms. The van der Waals surface area contributed by atoms with Gasteiger partial charge in [-0.2, -0.15) is 0 Å². The third-order valence-corrected chi connectivity index (χ3v) is 5.44. The number of aromatic nitrogens is 2. The summed E-state index contributed by atoms with van der Waals surface area (Å²) in [6.07, 6.45) is 9.75. The van der Waals surface area contributed by atoms with E-state index in [-0.39, 0.29) is 6.03 Å². The van der Waals surface area contributed by atoms with Crippen molar-refractivity contribution in [1.29, 1.82) is 0 Å². The summed E-state index contributed by atoms with van der Waals surface area (Å²) in [5.41, 5.74) is 0. The second-order valence-electron chi connectivity index (χ2n) is 6.18. The number of carbonyl (C=O) groups excluding carboxylic acids is 1. The number of hydrogen-bond donors (Lipinski definition) is 1. The van der Waals surface area contributed by atoms with Gasteiger partial charge in [-0.05, 0) is 19.3 Å². The smallest absolute Gasteiger partial charge is 0.323 e. The minimum absolute atomic E-state index is 0.0406.